The quantitative estimate of drug-likeness (QED) is 0.625. The Hall–Kier alpha value is 1.40. The molecule has 0 fully saturated rings. The van der Waals surface area contributed by atoms with Crippen LogP contribution in [0.25, 0.3) is 0 Å². The highest BCUT2D eigenvalue weighted by molar-refractivity contribution is 9.39. The Morgan fingerprint density at radius 2 is 1.67 bits per heavy atom. The van der Waals surface area contributed by atoms with Gasteiger partial charge < -0.3 is 5.11 Å². The summed E-state index contributed by atoms with van der Waals surface area (Å²) in [6.07, 6.45) is 2.84. The van der Waals surface area contributed by atoms with E-state index in [1.54, 1.807) is 0 Å². The monoisotopic (exact) mass is 322 g/mol. The number of hydrogen-bond acceptors (Lipinski definition) is 1. The number of unbranched alkanes of at least 4 members (excludes halogenated alkanes) is 1. The number of aliphatic hydroxyl groups is 1. The van der Waals surface area contributed by atoms with Crippen molar-refractivity contribution in [3.8, 4) is 0 Å². The van der Waals surface area contributed by atoms with Crippen LogP contribution >= 0.6 is 47.8 Å². The van der Waals surface area contributed by atoms with Gasteiger partial charge in [0.05, 0.1) is 0 Å². The molecule has 0 unspecified atom stereocenters. The minimum Gasteiger partial charge on any atom is -0.396 e. The standard InChI is InChI=1S/C5H9Br3O/c6-5(7,8)3-1-2-4-9/h9H,1-4H2. The second-order valence-electron chi connectivity index (χ2n) is 1.80. The fourth-order valence-corrected chi connectivity index (χ4v) is 1.28. The third-order valence-electron chi connectivity index (χ3n) is 0.868. The first-order chi connectivity index (χ1) is 4.06. The van der Waals surface area contributed by atoms with Crippen LogP contribution in [0.15, 0.2) is 0 Å². The molecule has 0 aromatic heterocycles. The molecule has 0 radical (unpaired) electrons. The first-order valence-electron chi connectivity index (χ1n) is 2.74. The fourth-order valence-electron chi connectivity index (χ4n) is 0.437. The van der Waals surface area contributed by atoms with Crippen LogP contribution in [0.5, 0.6) is 0 Å². The lowest BCUT2D eigenvalue weighted by molar-refractivity contribution is 0.284. The molecule has 0 rings (SSSR count). The van der Waals surface area contributed by atoms with E-state index in [9.17, 15) is 0 Å². The molecular weight excluding hydrogens is 316 g/mol. The van der Waals surface area contributed by atoms with Crippen molar-refractivity contribution in [1.29, 1.82) is 0 Å². The fraction of sp³-hybridized carbons (Fsp3) is 1.00. The molecule has 0 aliphatic carbocycles. The van der Waals surface area contributed by atoms with Crippen molar-refractivity contribution < 1.29 is 5.11 Å². The summed E-state index contributed by atoms with van der Waals surface area (Å²) < 4.78 is -0.123. The topological polar surface area (TPSA) is 20.2 Å². The molecule has 0 heterocycles. The second-order valence-corrected chi connectivity index (χ2v) is 9.05. The van der Waals surface area contributed by atoms with Gasteiger partial charge in [-0.2, -0.15) is 0 Å². The van der Waals surface area contributed by atoms with E-state index < -0.39 is 0 Å². The van der Waals surface area contributed by atoms with E-state index in [2.05, 4.69) is 47.8 Å². The highest BCUT2D eigenvalue weighted by Crippen LogP contribution is 2.38. The zero-order valence-electron chi connectivity index (χ0n) is 4.91. The van der Waals surface area contributed by atoms with E-state index >= 15 is 0 Å². The van der Waals surface area contributed by atoms with Crippen molar-refractivity contribution in [2.45, 2.75) is 21.4 Å². The average molecular weight is 325 g/mol. The van der Waals surface area contributed by atoms with E-state index in [0.29, 0.717) is 0 Å². The Labute approximate surface area is 80.6 Å². The van der Waals surface area contributed by atoms with Gasteiger partial charge in [0.15, 0.2) is 0 Å². The Balaban J connectivity index is 3.07. The molecule has 0 aliphatic rings. The van der Waals surface area contributed by atoms with Crippen LogP contribution in [-0.2, 0) is 0 Å². The van der Waals surface area contributed by atoms with Gasteiger partial charge in [-0.1, -0.05) is 47.8 Å². The molecule has 0 atom stereocenters. The summed E-state index contributed by atoms with van der Waals surface area (Å²) in [5.74, 6) is 0. The van der Waals surface area contributed by atoms with Crippen molar-refractivity contribution in [3.63, 3.8) is 0 Å². The number of halogens is 3. The lowest BCUT2D eigenvalue weighted by Gasteiger charge is -2.09. The second kappa shape index (κ2) is 5.10. The normalized spacial score (nSPS) is 12.0. The van der Waals surface area contributed by atoms with Crippen LogP contribution < -0.4 is 0 Å². The molecule has 4 heteroatoms. The van der Waals surface area contributed by atoms with Gasteiger partial charge in [-0.3, -0.25) is 0 Å². The number of alkyl halides is 3. The first kappa shape index (κ1) is 10.4. The summed E-state index contributed by atoms with van der Waals surface area (Å²) in [5, 5.41) is 8.42. The van der Waals surface area contributed by atoms with Crippen molar-refractivity contribution in [2.24, 2.45) is 0 Å². The van der Waals surface area contributed by atoms with Gasteiger partial charge in [0.1, 0.15) is 2.14 Å². The third-order valence-corrected chi connectivity index (χ3v) is 2.06. The molecular formula is C5H9Br3O. The van der Waals surface area contributed by atoms with Gasteiger partial charge in [0.25, 0.3) is 0 Å². The van der Waals surface area contributed by atoms with Crippen LogP contribution in [0.4, 0.5) is 0 Å². The maximum atomic E-state index is 8.42. The van der Waals surface area contributed by atoms with E-state index in [0.717, 1.165) is 19.3 Å². The van der Waals surface area contributed by atoms with Gasteiger partial charge >= 0.3 is 0 Å². The largest absolute Gasteiger partial charge is 0.396 e. The third kappa shape index (κ3) is 9.40. The van der Waals surface area contributed by atoms with Gasteiger partial charge in [0.2, 0.25) is 0 Å². The minimum absolute atomic E-state index is 0.123. The Morgan fingerprint density at radius 3 is 2.00 bits per heavy atom. The van der Waals surface area contributed by atoms with Crippen molar-refractivity contribution >= 4 is 47.8 Å². The summed E-state index contributed by atoms with van der Waals surface area (Å²) >= 11 is 10.1. The van der Waals surface area contributed by atoms with Gasteiger partial charge in [-0.25, -0.2) is 0 Å². The highest BCUT2D eigenvalue weighted by Gasteiger charge is 2.15. The molecule has 0 spiro atoms. The van der Waals surface area contributed by atoms with Crippen LogP contribution in [0.2, 0.25) is 0 Å². The van der Waals surface area contributed by atoms with Gasteiger partial charge in [-0.05, 0) is 19.3 Å². The van der Waals surface area contributed by atoms with Gasteiger partial charge in [-0.15, -0.1) is 0 Å². The predicted molar refractivity (Wildman–Crippen MR) is 50.4 cm³/mol. The SMILES string of the molecule is OCCCCC(Br)(Br)Br. The molecule has 0 aliphatic heterocycles. The van der Waals surface area contributed by atoms with Gasteiger partial charge in [0, 0.05) is 6.61 Å². The molecule has 1 N–H and O–H groups in total. The highest BCUT2D eigenvalue weighted by atomic mass is 80.0. The van der Waals surface area contributed by atoms with E-state index in [-0.39, 0.29) is 8.75 Å². The molecule has 9 heavy (non-hydrogen) atoms. The summed E-state index contributed by atoms with van der Waals surface area (Å²) in [6.45, 7) is 0.281. The summed E-state index contributed by atoms with van der Waals surface area (Å²) in [4.78, 5) is 0. The summed E-state index contributed by atoms with van der Waals surface area (Å²) in [6, 6.07) is 0. The van der Waals surface area contributed by atoms with Crippen molar-refractivity contribution in [1.82, 2.24) is 0 Å². The smallest absolute Gasteiger partial charge is 0.135 e. The Kier molecular flexibility index (Phi) is 5.90. The Bertz CT molecular complexity index is 69.1. The zero-order valence-corrected chi connectivity index (χ0v) is 9.67. The molecule has 56 valence electrons. The number of hydrogen-bond donors (Lipinski definition) is 1. The summed E-state index contributed by atoms with van der Waals surface area (Å²) in [5.41, 5.74) is 0. The lowest BCUT2D eigenvalue weighted by atomic mass is 10.3. The van der Waals surface area contributed by atoms with E-state index in [1.165, 1.54) is 0 Å². The molecule has 0 aromatic carbocycles. The van der Waals surface area contributed by atoms with E-state index in [4.69, 9.17) is 5.11 Å². The molecule has 0 saturated heterocycles. The number of rotatable bonds is 3. The molecule has 1 nitrogen and oxygen atoms in total. The summed E-state index contributed by atoms with van der Waals surface area (Å²) in [7, 11) is 0. The van der Waals surface area contributed by atoms with Crippen molar-refractivity contribution in [3.05, 3.63) is 0 Å². The van der Waals surface area contributed by atoms with Crippen LogP contribution in [0.3, 0.4) is 0 Å². The molecule has 0 bridgehead atoms. The maximum Gasteiger partial charge on any atom is 0.135 e. The minimum atomic E-state index is -0.123. The molecule has 0 aromatic rings. The zero-order chi connectivity index (χ0) is 7.33. The van der Waals surface area contributed by atoms with Crippen molar-refractivity contribution in [2.75, 3.05) is 6.61 Å². The Morgan fingerprint density at radius 1 is 1.11 bits per heavy atom. The predicted octanol–water partition coefficient (Wildman–Crippen LogP) is 2.99. The molecule has 0 amide bonds. The first-order valence-corrected chi connectivity index (χ1v) is 5.12. The maximum absolute atomic E-state index is 8.42. The van der Waals surface area contributed by atoms with E-state index in [1.807, 2.05) is 0 Å². The van der Waals surface area contributed by atoms with Crippen LogP contribution in [0.1, 0.15) is 19.3 Å². The lowest BCUT2D eigenvalue weighted by Crippen LogP contribution is -1.98. The number of aliphatic hydroxyl groups excluding tert-OH is 1. The van der Waals surface area contributed by atoms with Crippen LogP contribution in [0, 0.1) is 0 Å². The average Bonchev–Trinajstić information content (AvgIpc) is 1.63. The van der Waals surface area contributed by atoms with Crippen LogP contribution in [-0.4, -0.2) is 13.9 Å². The molecule has 0 saturated carbocycles.